The van der Waals surface area contributed by atoms with Gasteiger partial charge in [0, 0.05) is 19.3 Å². The van der Waals surface area contributed by atoms with E-state index in [2.05, 4.69) is 154 Å². The van der Waals surface area contributed by atoms with E-state index in [4.69, 9.17) is 14.2 Å². The van der Waals surface area contributed by atoms with Crippen LogP contribution in [-0.2, 0) is 28.6 Å². The summed E-state index contributed by atoms with van der Waals surface area (Å²) in [6, 6.07) is 0. The molecule has 0 aliphatic rings. The summed E-state index contributed by atoms with van der Waals surface area (Å²) in [6.07, 6.45) is 93.4. The molecule has 6 heteroatoms. The molecule has 0 aromatic carbocycles. The standard InChI is InChI=1S/C73H120O6/c1-4-7-10-13-16-18-20-22-24-26-28-30-32-34-35-36-37-39-40-42-44-46-48-50-52-54-57-60-63-66-72(75)78-69-70(68-77-71(74)65-62-59-56-15-12-9-6-3)79-73(76)67-64-61-58-55-53-51-49-47-45-43-41-38-33-31-29-27-25-23-21-19-17-14-11-8-5-2/h7,10,16,18,21-24,27-30,33-35,37-39,42,44,48,50,70H,4-6,8-9,11-15,17,19-20,25-26,31-32,36,40-41,43,45-47,49,51-69H2,1-3H3/b10-7-,18-16-,23-21-,24-22-,29-27-,30-28-,35-34-,38-33-,39-37-,44-42-,50-48-. The molecule has 0 spiro atoms. The van der Waals surface area contributed by atoms with E-state index in [0.717, 1.165) is 135 Å². The van der Waals surface area contributed by atoms with Gasteiger partial charge < -0.3 is 14.2 Å². The van der Waals surface area contributed by atoms with E-state index in [-0.39, 0.29) is 31.1 Å². The van der Waals surface area contributed by atoms with E-state index in [9.17, 15) is 14.4 Å². The van der Waals surface area contributed by atoms with Crippen LogP contribution in [0.15, 0.2) is 134 Å². The first kappa shape index (κ1) is 74.5. The van der Waals surface area contributed by atoms with Crippen molar-refractivity contribution in [3.05, 3.63) is 134 Å². The van der Waals surface area contributed by atoms with E-state index in [1.165, 1.54) is 116 Å². The lowest BCUT2D eigenvalue weighted by Gasteiger charge is -2.18. The monoisotopic (exact) mass is 1090 g/mol. The maximum Gasteiger partial charge on any atom is 0.306 e. The zero-order valence-corrected chi connectivity index (χ0v) is 51.3. The molecular formula is C73H120O6. The lowest BCUT2D eigenvalue weighted by molar-refractivity contribution is -0.167. The molecule has 1 unspecified atom stereocenters. The molecule has 0 bridgehead atoms. The van der Waals surface area contributed by atoms with Gasteiger partial charge in [0.05, 0.1) is 0 Å². The molecule has 0 amide bonds. The van der Waals surface area contributed by atoms with E-state index in [1.54, 1.807) is 0 Å². The van der Waals surface area contributed by atoms with Gasteiger partial charge in [-0.05, 0) is 122 Å². The van der Waals surface area contributed by atoms with Crippen molar-refractivity contribution < 1.29 is 28.6 Å². The number of rotatable bonds is 58. The zero-order chi connectivity index (χ0) is 57.1. The Morgan fingerprint density at radius 2 is 0.494 bits per heavy atom. The molecular weight excluding hydrogens is 973 g/mol. The summed E-state index contributed by atoms with van der Waals surface area (Å²) in [6.45, 7) is 6.45. The Bertz CT molecular complexity index is 1680. The summed E-state index contributed by atoms with van der Waals surface area (Å²) < 4.78 is 16.8. The number of hydrogen-bond donors (Lipinski definition) is 0. The van der Waals surface area contributed by atoms with Crippen molar-refractivity contribution in [3.63, 3.8) is 0 Å². The highest BCUT2D eigenvalue weighted by Crippen LogP contribution is 2.15. The molecule has 0 aliphatic heterocycles. The number of hydrogen-bond acceptors (Lipinski definition) is 6. The molecule has 0 N–H and O–H groups in total. The minimum atomic E-state index is -0.794. The molecule has 448 valence electrons. The fourth-order valence-corrected chi connectivity index (χ4v) is 8.76. The zero-order valence-electron chi connectivity index (χ0n) is 51.3. The fourth-order valence-electron chi connectivity index (χ4n) is 8.76. The number of unbranched alkanes of at least 4 members (excludes halogenated alkanes) is 25. The SMILES string of the molecule is CC/C=C\C/C=C\C/C=C\C/C=C\C/C=C\C/C=C\C/C=C\C/C=C\CCCCCCC(=O)OCC(COC(=O)CCCCCCCCC)OC(=O)CCCCCCCCCCCC/C=C\C/C=C\C/C=C\CCCCCCC. The molecule has 0 fully saturated rings. The Balaban J connectivity index is 4.23. The number of allylic oxidation sites excluding steroid dienone is 22. The van der Waals surface area contributed by atoms with Crippen LogP contribution in [0, 0.1) is 0 Å². The third kappa shape index (κ3) is 64.3. The second-order valence-electron chi connectivity index (χ2n) is 21.3. The van der Waals surface area contributed by atoms with Crippen molar-refractivity contribution in [2.24, 2.45) is 0 Å². The van der Waals surface area contributed by atoms with Crippen LogP contribution >= 0.6 is 0 Å². The molecule has 0 saturated carbocycles. The Kier molecular flexibility index (Phi) is 62.3. The average molecular weight is 1090 g/mol. The normalized spacial score (nSPS) is 13.0. The van der Waals surface area contributed by atoms with Gasteiger partial charge in [-0.1, -0.05) is 283 Å². The molecule has 0 heterocycles. The summed E-state index contributed by atoms with van der Waals surface area (Å²) in [5, 5.41) is 0. The third-order valence-electron chi connectivity index (χ3n) is 13.6. The lowest BCUT2D eigenvalue weighted by atomic mass is 10.0. The maximum atomic E-state index is 12.9. The van der Waals surface area contributed by atoms with E-state index < -0.39 is 6.10 Å². The summed E-state index contributed by atoms with van der Waals surface area (Å²) in [4.78, 5) is 38.1. The van der Waals surface area contributed by atoms with Crippen LogP contribution in [0.2, 0.25) is 0 Å². The summed E-state index contributed by atoms with van der Waals surface area (Å²) in [5.74, 6) is -0.926. The average Bonchev–Trinajstić information content (AvgIpc) is 3.45. The molecule has 0 aromatic heterocycles. The molecule has 0 saturated heterocycles. The van der Waals surface area contributed by atoms with Gasteiger partial charge in [-0.2, -0.15) is 0 Å². The van der Waals surface area contributed by atoms with E-state index >= 15 is 0 Å². The molecule has 0 aromatic rings. The molecule has 0 rings (SSSR count). The quantitative estimate of drug-likeness (QED) is 0.0261. The molecule has 6 nitrogen and oxygen atoms in total. The molecule has 79 heavy (non-hydrogen) atoms. The molecule has 0 radical (unpaired) electrons. The van der Waals surface area contributed by atoms with Crippen molar-refractivity contribution in [2.45, 2.75) is 297 Å². The Labute approximate surface area is 487 Å². The summed E-state index contributed by atoms with van der Waals surface area (Å²) in [7, 11) is 0. The van der Waals surface area contributed by atoms with Gasteiger partial charge >= 0.3 is 17.9 Å². The van der Waals surface area contributed by atoms with Crippen molar-refractivity contribution in [2.75, 3.05) is 13.2 Å². The van der Waals surface area contributed by atoms with Crippen LogP contribution in [0.5, 0.6) is 0 Å². The van der Waals surface area contributed by atoms with Gasteiger partial charge in [0.1, 0.15) is 13.2 Å². The molecule has 0 aliphatic carbocycles. The smallest absolute Gasteiger partial charge is 0.306 e. The number of ether oxygens (including phenoxy) is 3. The summed E-state index contributed by atoms with van der Waals surface area (Å²) >= 11 is 0. The maximum absolute atomic E-state index is 12.9. The van der Waals surface area contributed by atoms with Crippen LogP contribution in [0.1, 0.15) is 290 Å². The van der Waals surface area contributed by atoms with Crippen LogP contribution in [0.25, 0.3) is 0 Å². The van der Waals surface area contributed by atoms with Crippen LogP contribution in [0.3, 0.4) is 0 Å². The number of carbonyl (C=O) groups excluding carboxylic acids is 3. The first-order chi connectivity index (χ1) is 39.0. The van der Waals surface area contributed by atoms with Crippen molar-refractivity contribution >= 4 is 17.9 Å². The van der Waals surface area contributed by atoms with Crippen LogP contribution < -0.4 is 0 Å². The van der Waals surface area contributed by atoms with Gasteiger partial charge in [0.25, 0.3) is 0 Å². The fraction of sp³-hybridized carbons (Fsp3) is 0.658. The predicted octanol–water partition coefficient (Wildman–Crippen LogP) is 22.5. The Morgan fingerprint density at radius 3 is 0.772 bits per heavy atom. The van der Waals surface area contributed by atoms with Gasteiger partial charge in [0.15, 0.2) is 6.10 Å². The largest absolute Gasteiger partial charge is 0.462 e. The summed E-state index contributed by atoms with van der Waals surface area (Å²) in [5.41, 5.74) is 0. The van der Waals surface area contributed by atoms with Gasteiger partial charge in [0.2, 0.25) is 0 Å². The predicted molar refractivity (Wildman–Crippen MR) is 343 cm³/mol. The minimum absolute atomic E-state index is 0.0902. The molecule has 1 atom stereocenters. The van der Waals surface area contributed by atoms with Gasteiger partial charge in [-0.25, -0.2) is 0 Å². The van der Waals surface area contributed by atoms with Crippen LogP contribution in [-0.4, -0.2) is 37.2 Å². The van der Waals surface area contributed by atoms with E-state index in [1.807, 2.05) is 0 Å². The Morgan fingerprint density at radius 1 is 0.266 bits per heavy atom. The van der Waals surface area contributed by atoms with Crippen molar-refractivity contribution in [1.29, 1.82) is 0 Å². The first-order valence-electron chi connectivity index (χ1n) is 32.7. The van der Waals surface area contributed by atoms with Crippen LogP contribution in [0.4, 0.5) is 0 Å². The Hall–Kier alpha value is -4.45. The number of carbonyl (C=O) groups is 3. The van der Waals surface area contributed by atoms with Gasteiger partial charge in [-0.3, -0.25) is 14.4 Å². The second kappa shape index (κ2) is 66.1. The number of esters is 3. The first-order valence-corrected chi connectivity index (χ1v) is 32.7. The second-order valence-corrected chi connectivity index (χ2v) is 21.3. The highest BCUT2D eigenvalue weighted by atomic mass is 16.6. The topological polar surface area (TPSA) is 78.9 Å². The van der Waals surface area contributed by atoms with Crippen molar-refractivity contribution in [1.82, 2.24) is 0 Å². The highest BCUT2D eigenvalue weighted by molar-refractivity contribution is 5.71. The third-order valence-corrected chi connectivity index (χ3v) is 13.6. The lowest BCUT2D eigenvalue weighted by Crippen LogP contribution is -2.30. The van der Waals surface area contributed by atoms with Crippen molar-refractivity contribution in [3.8, 4) is 0 Å². The minimum Gasteiger partial charge on any atom is -0.462 e. The highest BCUT2D eigenvalue weighted by Gasteiger charge is 2.19. The van der Waals surface area contributed by atoms with E-state index in [0.29, 0.717) is 19.3 Å². The van der Waals surface area contributed by atoms with Gasteiger partial charge in [-0.15, -0.1) is 0 Å².